The van der Waals surface area contributed by atoms with Crippen molar-refractivity contribution in [1.82, 2.24) is 0 Å². The van der Waals surface area contributed by atoms with Gasteiger partial charge >= 0.3 is 0 Å². The molecule has 3 rings (SSSR count). The highest BCUT2D eigenvalue weighted by Gasteiger charge is 2.11. The van der Waals surface area contributed by atoms with E-state index in [4.69, 9.17) is 0 Å². The second kappa shape index (κ2) is 5.82. The van der Waals surface area contributed by atoms with E-state index in [-0.39, 0.29) is 0 Å². The maximum absolute atomic E-state index is 10.4. The summed E-state index contributed by atoms with van der Waals surface area (Å²) < 4.78 is 1.79. The lowest BCUT2D eigenvalue weighted by Crippen LogP contribution is -1.91. The van der Waals surface area contributed by atoms with Crippen molar-refractivity contribution in [3.8, 4) is 5.75 Å². The normalized spacial score (nSPS) is 11.0. The molecular weight excluding hydrogens is 392 g/mol. The highest BCUT2D eigenvalue weighted by molar-refractivity contribution is 9.11. The molecule has 0 unspecified atom stereocenters. The molecule has 0 amide bonds. The highest BCUT2D eigenvalue weighted by atomic mass is 79.9. The van der Waals surface area contributed by atoms with Gasteiger partial charge < -0.3 is 5.11 Å². The van der Waals surface area contributed by atoms with Crippen molar-refractivity contribution < 1.29 is 5.11 Å². The molecular formula is C18H14Br2O. The maximum Gasteiger partial charge on any atom is 0.133 e. The Labute approximate surface area is 140 Å². The Morgan fingerprint density at radius 3 is 2.38 bits per heavy atom. The molecule has 3 aromatic carbocycles. The molecule has 0 heterocycles. The van der Waals surface area contributed by atoms with Gasteiger partial charge in [0.2, 0.25) is 0 Å². The first-order valence-electron chi connectivity index (χ1n) is 6.70. The van der Waals surface area contributed by atoms with Crippen LogP contribution in [0.3, 0.4) is 0 Å². The van der Waals surface area contributed by atoms with E-state index in [0.717, 1.165) is 25.3 Å². The van der Waals surface area contributed by atoms with Crippen LogP contribution < -0.4 is 0 Å². The number of hydrogen-bond donors (Lipinski definition) is 1. The topological polar surface area (TPSA) is 20.2 Å². The Morgan fingerprint density at radius 2 is 1.67 bits per heavy atom. The lowest BCUT2D eigenvalue weighted by atomic mass is 9.99. The third-order valence-electron chi connectivity index (χ3n) is 3.61. The summed E-state index contributed by atoms with van der Waals surface area (Å²) in [4.78, 5) is 0. The van der Waals surface area contributed by atoms with Crippen LogP contribution in [-0.4, -0.2) is 5.11 Å². The van der Waals surface area contributed by atoms with Crippen LogP contribution in [0.4, 0.5) is 0 Å². The summed E-state index contributed by atoms with van der Waals surface area (Å²) in [5.41, 5.74) is 3.36. The third-order valence-corrected chi connectivity index (χ3v) is 4.90. The van der Waals surface area contributed by atoms with Gasteiger partial charge in [-0.3, -0.25) is 0 Å². The predicted octanol–water partition coefficient (Wildman–Crippen LogP) is 5.97. The van der Waals surface area contributed by atoms with Crippen LogP contribution >= 0.6 is 31.9 Å². The van der Waals surface area contributed by atoms with Crippen molar-refractivity contribution in [3.63, 3.8) is 0 Å². The summed E-state index contributed by atoms with van der Waals surface area (Å²) in [6, 6.07) is 16.5. The van der Waals surface area contributed by atoms with Crippen LogP contribution in [0.1, 0.15) is 16.7 Å². The summed E-state index contributed by atoms with van der Waals surface area (Å²) >= 11 is 7.01. The summed E-state index contributed by atoms with van der Waals surface area (Å²) in [6.45, 7) is 2.07. The molecule has 3 aromatic rings. The average molecular weight is 406 g/mol. The second-order valence-electron chi connectivity index (χ2n) is 5.23. The number of benzene rings is 3. The molecule has 0 aromatic heterocycles. The molecule has 0 atom stereocenters. The number of rotatable bonds is 2. The third kappa shape index (κ3) is 2.99. The number of phenols is 1. The van der Waals surface area contributed by atoms with Gasteiger partial charge in [0.1, 0.15) is 5.75 Å². The molecule has 0 radical (unpaired) electrons. The van der Waals surface area contributed by atoms with Crippen molar-refractivity contribution in [3.05, 3.63) is 74.2 Å². The first kappa shape index (κ1) is 14.6. The smallest absolute Gasteiger partial charge is 0.133 e. The molecule has 0 saturated carbocycles. The molecule has 0 spiro atoms. The minimum Gasteiger partial charge on any atom is -0.506 e. The molecule has 0 aliphatic heterocycles. The molecule has 106 valence electrons. The lowest BCUT2D eigenvalue weighted by molar-refractivity contribution is 0.467. The Hall–Kier alpha value is -1.32. The molecule has 0 fully saturated rings. The highest BCUT2D eigenvalue weighted by Crippen LogP contribution is 2.37. The van der Waals surface area contributed by atoms with E-state index in [9.17, 15) is 5.11 Å². The minimum atomic E-state index is 0.324. The molecule has 0 aliphatic carbocycles. The number of hydrogen-bond acceptors (Lipinski definition) is 1. The van der Waals surface area contributed by atoms with Gasteiger partial charge in [0.15, 0.2) is 0 Å². The van der Waals surface area contributed by atoms with E-state index in [2.05, 4.69) is 75.2 Å². The first-order valence-corrected chi connectivity index (χ1v) is 8.28. The molecule has 21 heavy (non-hydrogen) atoms. The zero-order valence-electron chi connectivity index (χ0n) is 11.5. The molecule has 0 saturated heterocycles. The van der Waals surface area contributed by atoms with Gasteiger partial charge in [-0.05, 0) is 57.4 Å². The number of aromatic hydroxyl groups is 1. The van der Waals surface area contributed by atoms with E-state index < -0.39 is 0 Å². The van der Waals surface area contributed by atoms with Gasteiger partial charge in [-0.15, -0.1) is 0 Å². The first-order chi connectivity index (χ1) is 10.0. The SMILES string of the molecule is Cc1ccc(Cc2cc3cc(Br)ccc3c(Br)c2O)cc1. The van der Waals surface area contributed by atoms with Gasteiger partial charge in [-0.1, -0.05) is 51.8 Å². The Kier molecular flexibility index (Phi) is 4.05. The zero-order valence-corrected chi connectivity index (χ0v) is 14.7. The fourth-order valence-corrected chi connectivity index (χ4v) is 3.43. The minimum absolute atomic E-state index is 0.324. The molecule has 1 nitrogen and oxygen atoms in total. The fourth-order valence-electron chi connectivity index (χ4n) is 2.44. The monoisotopic (exact) mass is 404 g/mol. The Balaban J connectivity index is 2.09. The van der Waals surface area contributed by atoms with E-state index in [1.54, 1.807) is 0 Å². The molecule has 0 bridgehead atoms. The largest absolute Gasteiger partial charge is 0.506 e. The van der Waals surface area contributed by atoms with Crippen molar-refractivity contribution in [2.45, 2.75) is 13.3 Å². The van der Waals surface area contributed by atoms with Crippen LogP contribution in [0, 0.1) is 6.92 Å². The van der Waals surface area contributed by atoms with Gasteiger partial charge in [0.05, 0.1) is 4.47 Å². The molecule has 1 N–H and O–H groups in total. The van der Waals surface area contributed by atoms with Crippen molar-refractivity contribution in [1.29, 1.82) is 0 Å². The molecule has 3 heteroatoms. The average Bonchev–Trinajstić information content (AvgIpc) is 2.46. The van der Waals surface area contributed by atoms with Crippen molar-refractivity contribution >= 4 is 42.6 Å². The quantitative estimate of drug-likeness (QED) is 0.556. The van der Waals surface area contributed by atoms with E-state index in [1.165, 1.54) is 11.1 Å². The van der Waals surface area contributed by atoms with Gasteiger partial charge in [0, 0.05) is 16.5 Å². The Morgan fingerprint density at radius 1 is 0.952 bits per heavy atom. The second-order valence-corrected chi connectivity index (χ2v) is 6.93. The number of phenolic OH excluding ortho intramolecular Hbond substituents is 1. The van der Waals surface area contributed by atoms with Crippen molar-refractivity contribution in [2.75, 3.05) is 0 Å². The van der Waals surface area contributed by atoms with Crippen LogP contribution in [-0.2, 0) is 6.42 Å². The number of aryl methyl sites for hydroxylation is 1. The van der Waals surface area contributed by atoms with E-state index >= 15 is 0 Å². The van der Waals surface area contributed by atoms with Crippen molar-refractivity contribution in [2.24, 2.45) is 0 Å². The summed E-state index contributed by atoms with van der Waals surface area (Å²) in [6.07, 6.45) is 0.715. The van der Waals surface area contributed by atoms with Gasteiger partial charge in [-0.2, -0.15) is 0 Å². The summed E-state index contributed by atoms with van der Waals surface area (Å²) in [5.74, 6) is 0.324. The lowest BCUT2D eigenvalue weighted by Gasteiger charge is -2.11. The van der Waals surface area contributed by atoms with Crippen LogP contribution in [0.2, 0.25) is 0 Å². The van der Waals surface area contributed by atoms with Crippen LogP contribution in [0.25, 0.3) is 10.8 Å². The van der Waals surface area contributed by atoms with Crippen LogP contribution in [0.5, 0.6) is 5.75 Å². The van der Waals surface area contributed by atoms with E-state index in [1.807, 2.05) is 12.1 Å². The number of fused-ring (bicyclic) bond motifs is 1. The van der Waals surface area contributed by atoms with Crippen LogP contribution in [0.15, 0.2) is 57.5 Å². The predicted molar refractivity (Wildman–Crippen MR) is 95.0 cm³/mol. The maximum atomic E-state index is 10.4. The van der Waals surface area contributed by atoms with E-state index in [0.29, 0.717) is 12.2 Å². The number of halogens is 2. The standard InChI is InChI=1S/C18H14Br2O/c1-11-2-4-12(5-3-11)8-14-9-13-10-15(19)6-7-16(13)17(20)18(14)21/h2-7,9-10,21H,8H2,1H3. The summed E-state index contributed by atoms with van der Waals surface area (Å²) in [5, 5.41) is 12.5. The van der Waals surface area contributed by atoms with Gasteiger partial charge in [-0.25, -0.2) is 0 Å². The Bertz CT molecular complexity index is 808. The van der Waals surface area contributed by atoms with Gasteiger partial charge in [0.25, 0.3) is 0 Å². The zero-order chi connectivity index (χ0) is 15.0. The fraction of sp³-hybridized carbons (Fsp3) is 0.111. The summed E-state index contributed by atoms with van der Waals surface area (Å²) in [7, 11) is 0. The molecule has 0 aliphatic rings.